The molecule has 0 heterocycles. The van der Waals surface area contributed by atoms with E-state index in [4.69, 9.17) is 4.52 Å². The summed E-state index contributed by atoms with van der Waals surface area (Å²) in [6.45, 7) is 9.04. The SMILES string of the molecule is C=CCOP(=O)(CC=C)CS(=O)(=O)CCCCC. The van der Waals surface area contributed by atoms with Crippen LogP contribution in [-0.4, -0.2) is 32.4 Å². The van der Waals surface area contributed by atoms with Crippen LogP contribution in [0.3, 0.4) is 0 Å². The Kier molecular flexibility index (Phi) is 8.49. The van der Waals surface area contributed by atoms with Gasteiger partial charge in [0, 0.05) is 6.16 Å². The van der Waals surface area contributed by atoms with Crippen LogP contribution in [0.1, 0.15) is 26.2 Å². The monoisotopic (exact) mass is 294 g/mol. The molecule has 0 fully saturated rings. The van der Waals surface area contributed by atoms with Crippen molar-refractivity contribution >= 4 is 17.2 Å². The van der Waals surface area contributed by atoms with Crippen molar-refractivity contribution in [1.29, 1.82) is 0 Å². The van der Waals surface area contributed by atoms with Crippen molar-refractivity contribution < 1.29 is 17.5 Å². The minimum atomic E-state index is -3.33. The maximum Gasteiger partial charge on any atom is 0.221 e. The zero-order valence-corrected chi connectivity index (χ0v) is 12.7. The summed E-state index contributed by atoms with van der Waals surface area (Å²) >= 11 is 0. The van der Waals surface area contributed by atoms with E-state index in [1.807, 2.05) is 6.92 Å². The highest BCUT2D eigenvalue weighted by Gasteiger charge is 2.28. The lowest BCUT2D eigenvalue weighted by Crippen LogP contribution is -2.14. The second kappa shape index (κ2) is 8.68. The first kappa shape index (κ1) is 17.6. The largest absolute Gasteiger partial charge is 0.323 e. The summed E-state index contributed by atoms with van der Waals surface area (Å²) in [5.74, 6) is 0.0689. The van der Waals surface area contributed by atoms with Crippen molar-refractivity contribution in [3.8, 4) is 0 Å². The lowest BCUT2D eigenvalue weighted by Gasteiger charge is -2.16. The molecule has 0 aliphatic rings. The molecule has 0 spiro atoms. The van der Waals surface area contributed by atoms with Gasteiger partial charge in [-0.05, 0) is 6.42 Å². The van der Waals surface area contributed by atoms with Crippen LogP contribution in [0.5, 0.6) is 0 Å². The fraction of sp³-hybridized carbons (Fsp3) is 0.667. The van der Waals surface area contributed by atoms with E-state index in [1.54, 1.807) is 0 Å². The number of unbranched alkanes of at least 4 members (excludes halogenated alkanes) is 2. The predicted molar refractivity (Wildman–Crippen MR) is 77.0 cm³/mol. The third-order valence-electron chi connectivity index (χ3n) is 2.29. The first-order valence-corrected chi connectivity index (χ1v) is 9.85. The van der Waals surface area contributed by atoms with E-state index in [0.717, 1.165) is 12.8 Å². The van der Waals surface area contributed by atoms with Crippen molar-refractivity contribution in [2.75, 3.05) is 24.0 Å². The summed E-state index contributed by atoms with van der Waals surface area (Å²) in [6.07, 6.45) is 5.39. The lowest BCUT2D eigenvalue weighted by molar-refractivity contribution is 0.357. The Bertz CT molecular complexity index is 400. The van der Waals surface area contributed by atoms with Crippen LogP contribution in [-0.2, 0) is 18.9 Å². The maximum atomic E-state index is 12.3. The summed E-state index contributed by atoms with van der Waals surface area (Å²) in [5, 5.41) is 0. The van der Waals surface area contributed by atoms with E-state index in [9.17, 15) is 13.0 Å². The van der Waals surface area contributed by atoms with E-state index in [-0.39, 0.29) is 18.5 Å². The van der Waals surface area contributed by atoms with Crippen molar-refractivity contribution in [3.05, 3.63) is 25.3 Å². The van der Waals surface area contributed by atoms with Gasteiger partial charge < -0.3 is 4.52 Å². The summed E-state index contributed by atoms with van der Waals surface area (Å²) in [7, 11) is -6.52. The Labute approximate surface area is 110 Å². The van der Waals surface area contributed by atoms with Crippen LogP contribution in [0.4, 0.5) is 0 Å². The Hall–Kier alpha value is -0.380. The fourth-order valence-electron chi connectivity index (χ4n) is 1.46. The standard InChI is InChI=1S/C12H23O4PS/c1-4-7-8-11-18(14,15)12-17(13,10-6-3)16-9-5-2/h5-6H,2-4,7-12H2,1H3. The fourth-order valence-corrected chi connectivity index (χ4v) is 6.62. The first-order chi connectivity index (χ1) is 8.39. The average molecular weight is 294 g/mol. The highest BCUT2D eigenvalue weighted by molar-refractivity contribution is 7.98. The van der Waals surface area contributed by atoms with Gasteiger partial charge in [-0.3, -0.25) is 4.57 Å². The molecule has 6 heteroatoms. The molecule has 0 aliphatic carbocycles. The normalized spacial score (nSPS) is 14.9. The molecule has 0 bridgehead atoms. The predicted octanol–water partition coefficient (Wildman–Crippen LogP) is 3.22. The molecule has 0 rings (SSSR count). The topological polar surface area (TPSA) is 60.4 Å². The van der Waals surface area contributed by atoms with Gasteiger partial charge in [-0.2, -0.15) is 0 Å². The summed E-state index contributed by atoms with van der Waals surface area (Å²) in [4.78, 5) is 0. The van der Waals surface area contributed by atoms with Crippen LogP contribution >= 0.6 is 7.37 Å². The number of allylic oxidation sites excluding steroid dienone is 1. The smallest absolute Gasteiger partial charge is 0.221 e. The molecular formula is C12H23O4PS. The zero-order valence-electron chi connectivity index (χ0n) is 11.0. The molecule has 0 aromatic carbocycles. The van der Waals surface area contributed by atoms with Gasteiger partial charge in [-0.1, -0.05) is 31.9 Å². The number of sulfone groups is 1. The molecule has 0 aliphatic heterocycles. The first-order valence-electron chi connectivity index (χ1n) is 6.04. The highest BCUT2D eigenvalue weighted by Crippen LogP contribution is 2.48. The summed E-state index contributed by atoms with van der Waals surface area (Å²) < 4.78 is 41.1. The second-order valence-electron chi connectivity index (χ2n) is 4.15. The van der Waals surface area contributed by atoms with E-state index in [2.05, 4.69) is 13.2 Å². The molecule has 1 unspecified atom stereocenters. The maximum absolute atomic E-state index is 12.3. The van der Waals surface area contributed by atoms with Crippen molar-refractivity contribution in [1.82, 2.24) is 0 Å². The van der Waals surface area contributed by atoms with Crippen LogP contribution in [0.15, 0.2) is 25.3 Å². The molecule has 0 saturated heterocycles. The molecule has 18 heavy (non-hydrogen) atoms. The lowest BCUT2D eigenvalue weighted by atomic mass is 10.3. The summed E-state index contributed by atoms with van der Waals surface area (Å²) in [5.41, 5.74) is -0.399. The minimum absolute atomic E-state index is 0.0689. The van der Waals surface area contributed by atoms with Gasteiger partial charge in [-0.25, -0.2) is 8.42 Å². The van der Waals surface area contributed by atoms with E-state index < -0.39 is 22.7 Å². The van der Waals surface area contributed by atoms with E-state index in [1.165, 1.54) is 12.2 Å². The van der Waals surface area contributed by atoms with Gasteiger partial charge in [0.05, 0.1) is 12.4 Å². The zero-order chi connectivity index (χ0) is 14.1. The van der Waals surface area contributed by atoms with Crippen LogP contribution in [0.2, 0.25) is 0 Å². The summed E-state index contributed by atoms with van der Waals surface area (Å²) in [6, 6.07) is 0. The molecule has 0 N–H and O–H groups in total. The van der Waals surface area contributed by atoms with Gasteiger partial charge in [0.25, 0.3) is 0 Å². The number of hydrogen-bond acceptors (Lipinski definition) is 4. The van der Waals surface area contributed by atoms with Gasteiger partial charge in [0.15, 0.2) is 9.84 Å². The van der Waals surface area contributed by atoms with Crippen molar-refractivity contribution in [2.24, 2.45) is 0 Å². The van der Waals surface area contributed by atoms with Gasteiger partial charge in [-0.15, -0.1) is 13.2 Å². The van der Waals surface area contributed by atoms with E-state index >= 15 is 0 Å². The third-order valence-corrected chi connectivity index (χ3v) is 7.78. The third kappa shape index (κ3) is 7.85. The molecule has 1 atom stereocenters. The Morgan fingerprint density at radius 1 is 1.22 bits per heavy atom. The van der Waals surface area contributed by atoms with Gasteiger partial charge in [0.2, 0.25) is 7.37 Å². The average Bonchev–Trinajstić information content (AvgIpc) is 2.26. The Morgan fingerprint density at radius 2 is 1.89 bits per heavy atom. The minimum Gasteiger partial charge on any atom is -0.323 e. The molecule has 0 radical (unpaired) electrons. The second-order valence-corrected chi connectivity index (χ2v) is 9.33. The molecule has 0 aromatic rings. The van der Waals surface area contributed by atoms with Crippen molar-refractivity contribution in [3.63, 3.8) is 0 Å². The number of rotatable bonds is 11. The van der Waals surface area contributed by atoms with Gasteiger partial charge in [0.1, 0.15) is 5.49 Å². The van der Waals surface area contributed by atoms with Crippen LogP contribution < -0.4 is 0 Å². The van der Waals surface area contributed by atoms with Crippen molar-refractivity contribution in [2.45, 2.75) is 26.2 Å². The molecular weight excluding hydrogens is 271 g/mol. The van der Waals surface area contributed by atoms with Gasteiger partial charge >= 0.3 is 0 Å². The Morgan fingerprint density at radius 3 is 2.39 bits per heavy atom. The van der Waals surface area contributed by atoms with Crippen LogP contribution in [0.25, 0.3) is 0 Å². The van der Waals surface area contributed by atoms with E-state index in [0.29, 0.717) is 6.42 Å². The molecule has 0 aromatic heterocycles. The molecule has 106 valence electrons. The molecule has 0 saturated carbocycles. The quantitative estimate of drug-likeness (QED) is 0.333. The Balaban J connectivity index is 4.60. The molecule has 4 nitrogen and oxygen atoms in total. The highest BCUT2D eigenvalue weighted by atomic mass is 32.2. The molecule has 0 amide bonds. The van der Waals surface area contributed by atoms with Crippen LogP contribution in [0, 0.1) is 0 Å². The number of hydrogen-bond donors (Lipinski definition) is 0.